The third kappa shape index (κ3) is 4.18. The monoisotopic (exact) mass is 250 g/mol. The van der Waals surface area contributed by atoms with Crippen molar-refractivity contribution in [3.63, 3.8) is 0 Å². The molecule has 0 fully saturated rings. The molecule has 0 aliphatic rings. The highest BCUT2D eigenvalue weighted by atomic mass is 16.5. The van der Waals surface area contributed by atoms with E-state index in [9.17, 15) is 9.59 Å². The van der Waals surface area contributed by atoms with Crippen LogP contribution in [0.25, 0.3) is 0 Å². The van der Waals surface area contributed by atoms with Gasteiger partial charge in [-0.1, -0.05) is 12.1 Å². The number of nitrogens with one attached hydrogen (secondary N) is 1. The van der Waals surface area contributed by atoms with Crippen molar-refractivity contribution in [1.29, 1.82) is 0 Å². The maximum Gasteiger partial charge on any atom is 0.322 e. The van der Waals surface area contributed by atoms with E-state index in [1.165, 1.54) is 0 Å². The molecule has 1 amide bonds. The average Bonchev–Trinajstić information content (AvgIpc) is 2.36. The summed E-state index contributed by atoms with van der Waals surface area (Å²) in [4.78, 5) is 22.2. The third-order valence-corrected chi connectivity index (χ3v) is 2.49. The van der Waals surface area contributed by atoms with Gasteiger partial charge in [-0.2, -0.15) is 0 Å². The van der Waals surface area contributed by atoms with Crippen LogP contribution in [-0.4, -0.2) is 24.5 Å². The number of benzene rings is 1. The highest BCUT2D eigenvalue weighted by Crippen LogP contribution is 2.04. The number of nitrogens with two attached hydrogens (primary N) is 1. The minimum absolute atomic E-state index is 0.272. The van der Waals surface area contributed by atoms with Gasteiger partial charge in [-0.3, -0.25) is 9.59 Å². The van der Waals surface area contributed by atoms with Gasteiger partial charge in [0.05, 0.1) is 6.61 Å². The van der Waals surface area contributed by atoms with Gasteiger partial charge in [-0.15, -0.1) is 0 Å². The smallest absolute Gasteiger partial charge is 0.322 e. The molecule has 0 saturated heterocycles. The van der Waals surface area contributed by atoms with E-state index < -0.39 is 5.91 Å². The number of hydrogen-bond donors (Lipinski definition) is 2. The van der Waals surface area contributed by atoms with Gasteiger partial charge in [0.15, 0.2) is 0 Å². The van der Waals surface area contributed by atoms with Crippen LogP contribution in [0.4, 0.5) is 0 Å². The van der Waals surface area contributed by atoms with Crippen molar-refractivity contribution in [1.82, 2.24) is 5.32 Å². The van der Waals surface area contributed by atoms with Crippen LogP contribution in [-0.2, 0) is 16.1 Å². The zero-order valence-electron chi connectivity index (χ0n) is 10.6. The van der Waals surface area contributed by atoms with E-state index >= 15 is 0 Å². The maximum atomic E-state index is 11.4. The number of amides is 1. The normalized spacial score (nSPS) is 11.9. The lowest BCUT2D eigenvalue weighted by molar-refractivity contribution is -0.145. The second kappa shape index (κ2) is 6.76. The van der Waals surface area contributed by atoms with Crippen LogP contribution < -0.4 is 11.1 Å². The first kappa shape index (κ1) is 14.2. The second-order valence-corrected chi connectivity index (χ2v) is 3.92. The SMILES string of the molecule is CCOC(=O)C(C)NCc1ccc(C(N)=O)cc1. The summed E-state index contributed by atoms with van der Waals surface area (Å²) >= 11 is 0. The fraction of sp³-hybridized carbons (Fsp3) is 0.385. The summed E-state index contributed by atoms with van der Waals surface area (Å²) in [5.74, 6) is -0.722. The molecule has 1 aromatic carbocycles. The van der Waals surface area contributed by atoms with Crippen LogP contribution in [0.15, 0.2) is 24.3 Å². The Morgan fingerprint density at radius 1 is 1.33 bits per heavy atom. The Morgan fingerprint density at radius 3 is 2.44 bits per heavy atom. The number of ether oxygens (including phenoxy) is 1. The molecule has 0 aliphatic carbocycles. The van der Waals surface area contributed by atoms with Gasteiger partial charge in [0.1, 0.15) is 6.04 Å². The van der Waals surface area contributed by atoms with Crippen molar-refractivity contribution in [2.45, 2.75) is 26.4 Å². The molecule has 0 bridgehead atoms. The van der Waals surface area contributed by atoms with Crippen LogP contribution in [0, 0.1) is 0 Å². The van der Waals surface area contributed by atoms with Crippen LogP contribution in [0.3, 0.4) is 0 Å². The van der Waals surface area contributed by atoms with Crippen molar-refractivity contribution in [2.24, 2.45) is 5.73 Å². The number of primary amides is 1. The van der Waals surface area contributed by atoms with Crippen LogP contribution >= 0.6 is 0 Å². The van der Waals surface area contributed by atoms with E-state index in [1.807, 2.05) is 0 Å². The minimum Gasteiger partial charge on any atom is -0.465 e. The molecule has 0 heterocycles. The summed E-state index contributed by atoms with van der Waals surface area (Å²) in [6, 6.07) is 6.55. The van der Waals surface area contributed by atoms with Crippen molar-refractivity contribution in [3.8, 4) is 0 Å². The number of hydrogen-bond acceptors (Lipinski definition) is 4. The molecule has 0 radical (unpaired) electrons. The summed E-state index contributed by atoms with van der Waals surface area (Å²) in [7, 11) is 0. The molecule has 98 valence electrons. The standard InChI is InChI=1S/C13H18N2O3/c1-3-18-13(17)9(2)15-8-10-4-6-11(7-5-10)12(14)16/h4-7,9,15H,3,8H2,1-2H3,(H2,14,16). The molecule has 0 aromatic heterocycles. The molecule has 1 rings (SSSR count). The molecule has 1 unspecified atom stereocenters. The van der Waals surface area contributed by atoms with Gasteiger partial charge < -0.3 is 15.8 Å². The molecule has 0 spiro atoms. The van der Waals surface area contributed by atoms with Gasteiger partial charge in [-0.25, -0.2) is 0 Å². The predicted molar refractivity (Wildman–Crippen MR) is 67.9 cm³/mol. The average molecular weight is 250 g/mol. The zero-order chi connectivity index (χ0) is 13.5. The maximum absolute atomic E-state index is 11.4. The van der Waals surface area contributed by atoms with Crippen LogP contribution in [0.2, 0.25) is 0 Å². The van der Waals surface area contributed by atoms with E-state index in [0.717, 1.165) is 5.56 Å². The quantitative estimate of drug-likeness (QED) is 0.733. The molecule has 18 heavy (non-hydrogen) atoms. The fourth-order valence-corrected chi connectivity index (χ4v) is 1.41. The Bertz CT molecular complexity index is 415. The molecule has 1 aromatic rings. The number of carbonyl (C=O) groups excluding carboxylic acids is 2. The molecule has 3 N–H and O–H groups in total. The Morgan fingerprint density at radius 2 is 1.94 bits per heavy atom. The largest absolute Gasteiger partial charge is 0.465 e. The first-order valence-electron chi connectivity index (χ1n) is 5.83. The van der Waals surface area contributed by atoms with Gasteiger partial charge in [-0.05, 0) is 31.5 Å². The lowest BCUT2D eigenvalue weighted by atomic mass is 10.1. The van der Waals surface area contributed by atoms with Crippen LogP contribution in [0.5, 0.6) is 0 Å². The number of carbonyl (C=O) groups is 2. The molecule has 1 atom stereocenters. The Hall–Kier alpha value is -1.88. The Balaban J connectivity index is 2.48. The summed E-state index contributed by atoms with van der Waals surface area (Å²) in [6.07, 6.45) is 0. The van der Waals surface area contributed by atoms with E-state index in [-0.39, 0.29) is 12.0 Å². The summed E-state index contributed by atoms with van der Waals surface area (Å²) < 4.78 is 4.88. The van der Waals surface area contributed by atoms with Gasteiger partial charge >= 0.3 is 5.97 Å². The van der Waals surface area contributed by atoms with Crippen LogP contribution in [0.1, 0.15) is 29.8 Å². The molecule has 0 saturated carbocycles. The fourth-order valence-electron chi connectivity index (χ4n) is 1.41. The topological polar surface area (TPSA) is 81.4 Å². The third-order valence-electron chi connectivity index (χ3n) is 2.49. The summed E-state index contributed by atoms with van der Waals surface area (Å²) in [6.45, 7) is 4.42. The van der Waals surface area contributed by atoms with E-state index in [2.05, 4.69) is 5.32 Å². The molecule has 5 heteroatoms. The molecule has 0 aliphatic heterocycles. The molecular weight excluding hydrogens is 232 g/mol. The van der Waals surface area contributed by atoms with Gasteiger partial charge in [0.2, 0.25) is 5.91 Å². The lowest BCUT2D eigenvalue weighted by Crippen LogP contribution is -2.34. The zero-order valence-corrected chi connectivity index (χ0v) is 10.6. The highest BCUT2D eigenvalue weighted by molar-refractivity contribution is 5.92. The second-order valence-electron chi connectivity index (χ2n) is 3.92. The molecular formula is C13H18N2O3. The highest BCUT2D eigenvalue weighted by Gasteiger charge is 2.12. The van der Waals surface area contributed by atoms with E-state index in [4.69, 9.17) is 10.5 Å². The predicted octanol–water partition coefficient (Wildman–Crippen LogP) is 0.827. The first-order chi connectivity index (χ1) is 8.54. The van der Waals surface area contributed by atoms with Crippen molar-refractivity contribution in [2.75, 3.05) is 6.61 Å². The minimum atomic E-state index is -0.450. The van der Waals surface area contributed by atoms with Crippen molar-refractivity contribution < 1.29 is 14.3 Å². The Kier molecular flexibility index (Phi) is 5.32. The summed E-state index contributed by atoms with van der Waals surface area (Å²) in [5.41, 5.74) is 6.58. The van der Waals surface area contributed by atoms with E-state index in [1.54, 1.807) is 38.1 Å². The first-order valence-corrected chi connectivity index (χ1v) is 5.83. The number of rotatable bonds is 6. The van der Waals surface area contributed by atoms with E-state index in [0.29, 0.717) is 18.7 Å². The lowest BCUT2D eigenvalue weighted by Gasteiger charge is -2.12. The molecule has 5 nitrogen and oxygen atoms in total. The van der Waals surface area contributed by atoms with Crippen molar-refractivity contribution in [3.05, 3.63) is 35.4 Å². The van der Waals surface area contributed by atoms with Gasteiger partial charge in [0.25, 0.3) is 0 Å². The van der Waals surface area contributed by atoms with Gasteiger partial charge in [0, 0.05) is 12.1 Å². The number of esters is 1. The summed E-state index contributed by atoms with van der Waals surface area (Å²) in [5, 5.41) is 3.04. The van der Waals surface area contributed by atoms with Crippen molar-refractivity contribution >= 4 is 11.9 Å². The Labute approximate surface area is 106 Å².